The Morgan fingerprint density at radius 2 is 1.67 bits per heavy atom. The van der Waals surface area contributed by atoms with Gasteiger partial charge in [0.1, 0.15) is 0 Å². The molecule has 2 aromatic rings. The molecule has 0 aliphatic heterocycles. The number of benzene rings is 2. The van der Waals surface area contributed by atoms with Gasteiger partial charge < -0.3 is 5.11 Å². The van der Waals surface area contributed by atoms with Gasteiger partial charge >= 0.3 is 5.97 Å². The summed E-state index contributed by atoms with van der Waals surface area (Å²) < 4.78 is 0. The molecule has 0 radical (unpaired) electrons. The van der Waals surface area contributed by atoms with Gasteiger partial charge in [-0.3, -0.25) is 4.79 Å². The lowest BCUT2D eigenvalue weighted by Crippen LogP contribution is -2.27. The van der Waals surface area contributed by atoms with Crippen molar-refractivity contribution >= 4 is 23.1 Å². The Bertz CT molecular complexity index is 836. The average molecular weight is 322 g/mol. The predicted octanol–water partition coefficient (Wildman–Crippen LogP) is 5.05. The highest BCUT2D eigenvalue weighted by Crippen LogP contribution is 2.38. The molecule has 0 spiro atoms. The van der Waals surface area contributed by atoms with Crippen LogP contribution in [0.25, 0.3) is 0 Å². The fraction of sp³-hybridized carbons (Fsp3) is 0.263. The largest absolute Gasteiger partial charge is 0.478 e. The zero-order valence-electron chi connectivity index (χ0n) is 13.6. The number of azo groups is 1. The van der Waals surface area contributed by atoms with Crippen molar-refractivity contribution in [2.75, 3.05) is 0 Å². The summed E-state index contributed by atoms with van der Waals surface area (Å²) in [6.45, 7) is 4.28. The van der Waals surface area contributed by atoms with Crippen LogP contribution < -0.4 is 0 Å². The third-order valence-corrected chi connectivity index (χ3v) is 4.40. The SMILES string of the molecule is CC1(C)CCC(=O)c2cc(N=Nc3ccc(C(=O)O)cc3)ccc21. The van der Waals surface area contributed by atoms with Crippen molar-refractivity contribution in [1.29, 1.82) is 0 Å². The maximum absolute atomic E-state index is 12.2. The molecule has 0 saturated heterocycles. The highest BCUT2D eigenvalue weighted by Gasteiger charge is 2.31. The van der Waals surface area contributed by atoms with Crippen LogP contribution >= 0.6 is 0 Å². The minimum absolute atomic E-state index is 0.00835. The Labute approximate surface area is 140 Å². The van der Waals surface area contributed by atoms with E-state index in [-0.39, 0.29) is 16.8 Å². The summed E-state index contributed by atoms with van der Waals surface area (Å²) in [5, 5.41) is 17.2. The zero-order valence-corrected chi connectivity index (χ0v) is 13.6. The standard InChI is InChI=1S/C19H18N2O3/c1-19(2)10-9-17(22)15-11-14(7-8-16(15)19)21-20-13-5-3-12(4-6-13)18(23)24/h3-8,11H,9-10H2,1-2H3,(H,23,24). The Morgan fingerprint density at radius 1 is 1.04 bits per heavy atom. The van der Waals surface area contributed by atoms with Crippen molar-refractivity contribution < 1.29 is 14.7 Å². The van der Waals surface area contributed by atoms with E-state index in [1.807, 2.05) is 12.1 Å². The highest BCUT2D eigenvalue weighted by molar-refractivity contribution is 5.99. The van der Waals surface area contributed by atoms with Gasteiger partial charge in [0, 0.05) is 12.0 Å². The van der Waals surface area contributed by atoms with E-state index in [4.69, 9.17) is 5.11 Å². The van der Waals surface area contributed by atoms with Crippen LogP contribution in [0.3, 0.4) is 0 Å². The molecule has 122 valence electrons. The molecule has 24 heavy (non-hydrogen) atoms. The smallest absolute Gasteiger partial charge is 0.335 e. The lowest BCUT2D eigenvalue weighted by atomic mass is 9.72. The van der Waals surface area contributed by atoms with Crippen molar-refractivity contribution in [1.82, 2.24) is 0 Å². The van der Waals surface area contributed by atoms with Crippen LogP contribution in [0, 0.1) is 0 Å². The van der Waals surface area contributed by atoms with Gasteiger partial charge in [0.2, 0.25) is 0 Å². The van der Waals surface area contributed by atoms with Gasteiger partial charge in [-0.2, -0.15) is 10.2 Å². The number of Topliss-reactive ketones (excluding diaryl/α,β-unsaturated/α-hetero) is 1. The fourth-order valence-corrected chi connectivity index (χ4v) is 2.90. The molecule has 0 atom stereocenters. The molecule has 5 heteroatoms. The molecule has 1 N–H and O–H groups in total. The fourth-order valence-electron chi connectivity index (χ4n) is 2.90. The average Bonchev–Trinajstić information content (AvgIpc) is 2.57. The van der Waals surface area contributed by atoms with Gasteiger partial charge in [0.25, 0.3) is 0 Å². The monoisotopic (exact) mass is 322 g/mol. The first-order valence-electron chi connectivity index (χ1n) is 7.80. The summed E-state index contributed by atoms with van der Waals surface area (Å²) >= 11 is 0. The second kappa shape index (κ2) is 6.00. The van der Waals surface area contributed by atoms with E-state index in [1.54, 1.807) is 18.2 Å². The molecule has 2 aromatic carbocycles. The van der Waals surface area contributed by atoms with Crippen molar-refractivity contribution in [3.05, 3.63) is 59.2 Å². The van der Waals surface area contributed by atoms with Crippen LogP contribution in [-0.4, -0.2) is 16.9 Å². The minimum atomic E-state index is -0.977. The Kier molecular flexibility index (Phi) is 4.01. The highest BCUT2D eigenvalue weighted by atomic mass is 16.4. The summed E-state index contributed by atoms with van der Waals surface area (Å²) in [7, 11) is 0. The number of carbonyl (C=O) groups is 2. The lowest BCUT2D eigenvalue weighted by Gasteiger charge is -2.31. The second-order valence-electron chi connectivity index (χ2n) is 6.59. The van der Waals surface area contributed by atoms with Gasteiger partial charge in [-0.05, 0) is 53.8 Å². The molecule has 1 aliphatic rings. The number of hydrogen-bond acceptors (Lipinski definition) is 4. The summed E-state index contributed by atoms with van der Waals surface area (Å²) in [4.78, 5) is 23.0. The van der Waals surface area contributed by atoms with E-state index in [1.165, 1.54) is 12.1 Å². The first-order chi connectivity index (χ1) is 11.4. The first-order valence-corrected chi connectivity index (χ1v) is 7.80. The Hall–Kier alpha value is -2.82. The Balaban J connectivity index is 1.87. The van der Waals surface area contributed by atoms with Gasteiger partial charge in [-0.1, -0.05) is 19.9 Å². The minimum Gasteiger partial charge on any atom is -0.478 e. The van der Waals surface area contributed by atoms with Crippen LogP contribution in [0.2, 0.25) is 0 Å². The molecule has 0 bridgehead atoms. The molecule has 0 fully saturated rings. The zero-order chi connectivity index (χ0) is 17.3. The molecule has 0 saturated carbocycles. The van der Waals surface area contributed by atoms with Crippen LogP contribution in [0.4, 0.5) is 11.4 Å². The van der Waals surface area contributed by atoms with Gasteiger partial charge in [-0.25, -0.2) is 4.79 Å². The van der Waals surface area contributed by atoms with Gasteiger partial charge in [-0.15, -0.1) is 0 Å². The molecular formula is C19H18N2O3. The number of carboxylic acids is 1. The van der Waals surface area contributed by atoms with E-state index in [0.717, 1.165) is 17.5 Å². The van der Waals surface area contributed by atoms with Crippen molar-refractivity contribution in [3.63, 3.8) is 0 Å². The number of aromatic carboxylic acids is 1. The number of hydrogen-bond donors (Lipinski definition) is 1. The van der Waals surface area contributed by atoms with E-state index in [9.17, 15) is 9.59 Å². The molecule has 0 heterocycles. The molecule has 1 aliphatic carbocycles. The molecule has 5 nitrogen and oxygen atoms in total. The topological polar surface area (TPSA) is 79.1 Å². The quantitative estimate of drug-likeness (QED) is 0.803. The summed E-state index contributed by atoms with van der Waals surface area (Å²) in [6, 6.07) is 11.8. The Morgan fingerprint density at radius 3 is 2.33 bits per heavy atom. The van der Waals surface area contributed by atoms with E-state index in [0.29, 0.717) is 17.8 Å². The lowest BCUT2D eigenvalue weighted by molar-refractivity contribution is 0.0696. The van der Waals surface area contributed by atoms with Gasteiger partial charge in [0.05, 0.1) is 16.9 Å². The number of carbonyl (C=O) groups excluding carboxylic acids is 1. The van der Waals surface area contributed by atoms with Crippen LogP contribution in [0.15, 0.2) is 52.7 Å². The normalized spacial score (nSPS) is 16.2. The number of ketones is 1. The van der Waals surface area contributed by atoms with Crippen molar-refractivity contribution in [2.24, 2.45) is 10.2 Å². The molecule has 3 rings (SSSR count). The summed E-state index contributed by atoms with van der Waals surface area (Å²) in [6.07, 6.45) is 1.41. The third kappa shape index (κ3) is 3.11. The van der Waals surface area contributed by atoms with Crippen molar-refractivity contribution in [2.45, 2.75) is 32.1 Å². The van der Waals surface area contributed by atoms with Crippen LogP contribution in [0.5, 0.6) is 0 Å². The number of carboxylic acid groups (broad SMARTS) is 1. The molecule has 0 aromatic heterocycles. The third-order valence-electron chi connectivity index (χ3n) is 4.40. The van der Waals surface area contributed by atoms with Gasteiger partial charge in [0.15, 0.2) is 5.78 Å². The van der Waals surface area contributed by atoms with E-state index >= 15 is 0 Å². The van der Waals surface area contributed by atoms with E-state index in [2.05, 4.69) is 24.1 Å². The van der Waals surface area contributed by atoms with Crippen molar-refractivity contribution in [3.8, 4) is 0 Å². The molecular weight excluding hydrogens is 304 g/mol. The summed E-state index contributed by atoms with van der Waals surface area (Å²) in [5.41, 5.74) is 3.15. The van der Waals surface area contributed by atoms with Crippen LogP contribution in [-0.2, 0) is 5.41 Å². The predicted molar refractivity (Wildman–Crippen MR) is 90.6 cm³/mol. The second-order valence-corrected chi connectivity index (χ2v) is 6.59. The maximum atomic E-state index is 12.2. The number of rotatable bonds is 3. The molecule has 0 unspecified atom stereocenters. The maximum Gasteiger partial charge on any atom is 0.335 e. The first kappa shape index (κ1) is 16.1. The van der Waals surface area contributed by atoms with E-state index < -0.39 is 5.97 Å². The number of nitrogens with zero attached hydrogens (tertiary/aromatic N) is 2. The number of fused-ring (bicyclic) bond motifs is 1. The summed E-state index contributed by atoms with van der Waals surface area (Å²) in [5.74, 6) is -0.832. The molecule has 0 amide bonds. The van der Waals surface area contributed by atoms with Crippen LogP contribution in [0.1, 0.15) is 53.0 Å².